The minimum atomic E-state index is -0.869. The van der Waals surface area contributed by atoms with Gasteiger partial charge < -0.3 is 19.3 Å². The molecule has 1 fully saturated rings. The van der Waals surface area contributed by atoms with E-state index in [1.165, 1.54) is 4.90 Å². The average molecular weight is 544 g/mol. The molecule has 1 unspecified atom stereocenters. The summed E-state index contributed by atoms with van der Waals surface area (Å²) in [6.07, 6.45) is 0. The number of carbonyl (C=O) groups is 2. The van der Waals surface area contributed by atoms with Crippen LogP contribution in [0.4, 0.5) is 5.69 Å². The zero-order valence-corrected chi connectivity index (χ0v) is 23.9. The Morgan fingerprint density at radius 3 is 2.27 bits per heavy atom. The first-order chi connectivity index (χ1) is 19.2. The molecule has 1 aliphatic heterocycles. The summed E-state index contributed by atoms with van der Waals surface area (Å²) in [6.45, 7) is 11.2. The second kappa shape index (κ2) is 12.3. The number of aliphatic hydroxyl groups is 1. The van der Waals surface area contributed by atoms with Crippen molar-refractivity contribution < 1.29 is 28.9 Å². The number of nitrogens with zero attached hydrogens (tertiary/aromatic N) is 1. The predicted octanol–water partition coefficient (Wildman–Crippen LogP) is 6.88. The summed E-state index contributed by atoms with van der Waals surface area (Å²) >= 11 is 0. The second-order valence-electron chi connectivity index (χ2n) is 10.5. The van der Waals surface area contributed by atoms with Crippen LogP contribution in [-0.4, -0.2) is 37.1 Å². The van der Waals surface area contributed by atoms with Gasteiger partial charge in [0.2, 0.25) is 0 Å². The Labute approximate surface area is 236 Å². The Balaban J connectivity index is 1.86. The van der Waals surface area contributed by atoms with E-state index >= 15 is 0 Å². The molecule has 210 valence electrons. The number of Topliss-reactive ketones (excluding diaryl/α,β-unsaturated/α-hetero) is 1. The number of aliphatic hydroxyl groups excluding tert-OH is 1. The third-order valence-corrected chi connectivity index (χ3v) is 6.76. The Bertz CT molecular complexity index is 1410. The van der Waals surface area contributed by atoms with E-state index in [0.29, 0.717) is 47.4 Å². The van der Waals surface area contributed by atoms with E-state index in [2.05, 4.69) is 13.8 Å². The van der Waals surface area contributed by atoms with Crippen LogP contribution in [0.3, 0.4) is 0 Å². The van der Waals surface area contributed by atoms with Crippen molar-refractivity contribution in [1.82, 2.24) is 0 Å². The Hall–Kier alpha value is -4.26. The largest absolute Gasteiger partial charge is 0.507 e. The number of methoxy groups -OCH3 is 1. The molecule has 1 heterocycles. The molecule has 4 rings (SSSR count). The fourth-order valence-corrected chi connectivity index (χ4v) is 4.78. The molecule has 3 aromatic carbocycles. The van der Waals surface area contributed by atoms with E-state index in [1.54, 1.807) is 61.7 Å². The molecule has 1 saturated heterocycles. The van der Waals surface area contributed by atoms with E-state index in [1.807, 2.05) is 32.9 Å². The molecule has 0 aliphatic carbocycles. The summed E-state index contributed by atoms with van der Waals surface area (Å²) in [5, 5.41) is 11.6. The normalized spacial score (nSPS) is 16.6. The maximum atomic E-state index is 13.6. The molecule has 3 aromatic rings. The molecule has 1 atom stereocenters. The summed E-state index contributed by atoms with van der Waals surface area (Å²) in [5.41, 5.74) is 2.50. The smallest absolute Gasteiger partial charge is 0.300 e. The van der Waals surface area contributed by atoms with Gasteiger partial charge in [-0.15, -0.1) is 0 Å². The first-order valence-corrected chi connectivity index (χ1v) is 13.6. The van der Waals surface area contributed by atoms with Gasteiger partial charge in [0.05, 0.1) is 31.9 Å². The van der Waals surface area contributed by atoms with Gasteiger partial charge in [0.15, 0.2) is 0 Å². The first kappa shape index (κ1) is 28.7. The van der Waals surface area contributed by atoms with Gasteiger partial charge >= 0.3 is 0 Å². The number of ether oxygens (including phenoxy) is 3. The number of benzene rings is 3. The summed E-state index contributed by atoms with van der Waals surface area (Å²) < 4.78 is 17.0. The van der Waals surface area contributed by atoms with Crippen LogP contribution in [0, 0.1) is 5.92 Å². The average Bonchev–Trinajstić information content (AvgIpc) is 3.22. The van der Waals surface area contributed by atoms with Gasteiger partial charge in [-0.3, -0.25) is 14.5 Å². The van der Waals surface area contributed by atoms with Crippen LogP contribution in [0.1, 0.15) is 63.3 Å². The van der Waals surface area contributed by atoms with Gasteiger partial charge in [-0.05, 0) is 84.5 Å². The Morgan fingerprint density at radius 1 is 0.925 bits per heavy atom. The van der Waals surface area contributed by atoms with Gasteiger partial charge in [0, 0.05) is 11.3 Å². The van der Waals surface area contributed by atoms with E-state index < -0.39 is 17.7 Å². The van der Waals surface area contributed by atoms with E-state index in [9.17, 15) is 14.7 Å². The third kappa shape index (κ3) is 5.83. The number of anilines is 1. The predicted molar refractivity (Wildman–Crippen MR) is 156 cm³/mol. The van der Waals surface area contributed by atoms with Crippen LogP contribution < -0.4 is 19.1 Å². The highest BCUT2D eigenvalue weighted by Crippen LogP contribution is 2.43. The summed E-state index contributed by atoms with van der Waals surface area (Å²) in [6, 6.07) is 18.7. The topological polar surface area (TPSA) is 85.3 Å². The van der Waals surface area contributed by atoms with E-state index in [4.69, 9.17) is 14.2 Å². The SMILES string of the molecule is CCOc1ccc(/C(O)=C2/C(=O)C(=O)N(c3ccc(OCC(C)C)cc3)C2c2cccc(OC)c2)cc1C(C)C. The fourth-order valence-electron chi connectivity index (χ4n) is 4.78. The van der Waals surface area contributed by atoms with Crippen LogP contribution in [0.5, 0.6) is 17.2 Å². The monoisotopic (exact) mass is 543 g/mol. The maximum Gasteiger partial charge on any atom is 0.300 e. The van der Waals surface area contributed by atoms with Crippen LogP contribution >= 0.6 is 0 Å². The molecule has 1 amide bonds. The van der Waals surface area contributed by atoms with Crippen LogP contribution in [-0.2, 0) is 9.59 Å². The van der Waals surface area contributed by atoms with Gasteiger partial charge in [-0.1, -0.05) is 39.8 Å². The Morgan fingerprint density at radius 2 is 1.65 bits per heavy atom. The summed E-state index contributed by atoms with van der Waals surface area (Å²) in [4.78, 5) is 28.6. The van der Waals surface area contributed by atoms with Gasteiger partial charge in [-0.2, -0.15) is 0 Å². The minimum Gasteiger partial charge on any atom is -0.507 e. The number of hydrogen-bond donors (Lipinski definition) is 1. The molecule has 40 heavy (non-hydrogen) atoms. The van der Waals surface area contributed by atoms with Crippen molar-refractivity contribution in [1.29, 1.82) is 0 Å². The van der Waals surface area contributed by atoms with Gasteiger partial charge in [0.1, 0.15) is 23.0 Å². The highest BCUT2D eigenvalue weighted by molar-refractivity contribution is 6.51. The number of carbonyl (C=O) groups excluding carboxylic acids is 2. The number of ketones is 1. The van der Waals surface area contributed by atoms with Crippen molar-refractivity contribution in [2.75, 3.05) is 25.2 Å². The second-order valence-corrected chi connectivity index (χ2v) is 10.5. The lowest BCUT2D eigenvalue weighted by molar-refractivity contribution is -0.132. The molecule has 1 aliphatic rings. The van der Waals surface area contributed by atoms with E-state index in [-0.39, 0.29) is 17.3 Å². The van der Waals surface area contributed by atoms with Crippen molar-refractivity contribution in [3.05, 3.63) is 89.0 Å². The third-order valence-electron chi connectivity index (χ3n) is 6.76. The fraction of sp³-hybridized carbons (Fsp3) is 0.333. The summed E-state index contributed by atoms with van der Waals surface area (Å²) in [7, 11) is 1.55. The lowest BCUT2D eigenvalue weighted by Gasteiger charge is -2.26. The molecule has 1 N–H and O–H groups in total. The quantitative estimate of drug-likeness (QED) is 0.170. The summed E-state index contributed by atoms with van der Waals surface area (Å²) in [5.74, 6) is 0.720. The van der Waals surface area contributed by atoms with Crippen molar-refractivity contribution >= 4 is 23.1 Å². The number of amides is 1. The molecule has 0 spiro atoms. The van der Waals surface area contributed by atoms with Crippen LogP contribution in [0.2, 0.25) is 0 Å². The van der Waals surface area contributed by atoms with Gasteiger partial charge in [0.25, 0.3) is 11.7 Å². The molecule has 0 saturated carbocycles. The first-order valence-electron chi connectivity index (χ1n) is 13.6. The Kier molecular flexibility index (Phi) is 8.83. The lowest BCUT2D eigenvalue weighted by Crippen LogP contribution is -2.29. The highest BCUT2D eigenvalue weighted by atomic mass is 16.5. The molecular weight excluding hydrogens is 506 g/mol. The molecule has 0 aromatic heterocycles. The minimum absolute atomic E-state index is 0.0113. The standard InChI is InChI=1S/C33H37NO6/c1-7-39-28-16-11-23(18-27(28)21(4)5)31(35)29-30(22-9-8-10-26(17-22)38-6)34(33(37)32(29)36)24-12-14-25(15-13-24)40-19-20(2)3/h8-18,20-21,30,35H,7,19H2,1-6H3/b31-29-. The zero-order valence-electron chi connectivity index (χ0n) is 23.9. The lowest BCUT2D eigenvalue weighted by atomic mass is 9.93. The number of hydrogen-bond acceptors (Lipinski definition) is 6. The van der Waals surface area contributed by atoms with Crippen LogP contribution in [0.15, 0.2) is 72.3 Å². The van der Waals surface area contributed by atoms with Crippen LogP contribution in [0.25, 0.3) is 5.76 Å². The van der Waals surface area contributed by atoms with Crippen molar-refractivity contribution in [2.45, 2.75) is 46.6 Å². The molecular formula is C33H37NO6. The molecule has 0 bridgehead atoms. The zero-order chi connectivity index (χ0) is 29.0. The molecule has 0 radical (unpaired) electrons. The highest BCUT2D eigenvalue weighted by Gasteiger charge is 2.47. The van der Waals surface area contributed by atoms with Crippen molar-refractivity contribution in [2.24, 2.45) is 5.92 Å². The number of rotatable bonds is 10. The van der Waals surface area contributed by atoms with Gasteiger partial charge in [-0.25, -0.2) is 0 Å². The molecule has 7 nitrogen and oxygen atoms in total. The van der Waals surface area contributed by atoms with Crippen molar-refractivity contribution in [3.8, 4) is 17.2 Å². The maximum absolute atomic E-state index is 13.6. The van der Waals surface area contributed by atoms with E-state index in [0.717, 1.165) is 11.3 Å². The van der Waals surface area contributed by atoms with Crippen molar-refractivity contribution in [3.63, 3.8) is 0 Å². The molecule has 7 heteroatoms.